The van der Waals surface area contributed by atoms with Gasteiger partial charge in [0.2, 0.25) is 11.8 Å². The molecule has 168 valence electrons. The van der Waals surface area contributed by atoms with E-state index in [0.717, 1.165) is 64.5 Å². The maximum Gasteiger partial charge on any atom is 0.227 e. The molecule has 3 fully saturated rings. The van der Waals surface area contributed by atoms with Gasteiger partial charge < -0.3 is 19.7 Å². The van der Waals surface area contributed by atoms with Crippen molar-refractivity contribution in [1.82, 2.24) is 10.2 Å². The lowest BCUT2D eigenvalue weighted by atomic mass is 9.96. The third kappa shape index (κ3) is 4.49. The van der Waals surface area contributed by atoms with E-state index in [2.05, 4.69) is 22.3 Å². The molecule has 4 aliphatic rings. The number of rotatable bonds is 6. The fraction of sp³-hybridized carbons (Fsp3) is 0.667. The summed E-state index contributed by atoms with van der Waals surface area (Å²) in [6, 6.07) is 6.60. The van der Waals surface area contributed by atoms with Crippen molar-refractivity contribution in [1.29, 1.82) is 0 Å². The Bertz CT molecular complexity index is 817. The molecule has 7 heteroatoms. The van der Waals surface area contributed by atoms with E-state index in [4.69, 9.17) is 9.47 Å². The topological polar surface area (TPSA) is 71.1 Å². The molecule has 5 rings (SSSR count). The summed E-state index contributed by atoms with van der Waals surface area (Å²) in [7, 11) is 0. The van der Waals surface area contributed by atoms with E-state index in [1.165, 1.54) is 17.5 Å². The monoisotopic (exact) mass is 427 g/mol. The van der Waals surface area contributed by atoms with Crippen molar-refractivity contribution in [2.45, 2.75) is 38.1 Å². The fourth-order valence-corrected chi connectivity index (χ4v) is 5.57. The van der Waals surface area contributed by atoms with Gasteiger partial charge in [0.05, 0.1) is 25.7 Å². The molecule has 0 aromatic heterocycles. The van der Waals surface area contributed by atoms with Crippen molar-refractivity contribution in [2.24, 2.45) is 11.8 Å². The summed E-state index contributed by atoms with van der Waals surface area (Å²) < 4.78 is 11.1. The number of ether oxygens (including phenoxy) is 2. The second kappa shape index (κ2) is 9.27. The van der Waals surface area contributed by atoms with Crippen LogP contribution in [0.15, 0.2) is 18.2 Å². The van der Waals surface area contributed by atoms with E-state index in [1.54, 1.807) is 4.90 Å². The number of morpholine rings is 1. The number of carbonyl (C=O) groups is 2. The molecular formula is C24H33N3O4. The minimum absolute atomic E-state index is 0.00538. The van der Waals surface area contributed by atoms with Crippen molar-refractivity contribution in [2.75, 3.05) is 57.5 Å². The summed E-state index contributed by atoms with van der Waals surface area (Å²) in [5, 5.41) is 3.18. The van der Waals surface area contributed by atoms with Gasteiger partial charge in [0.25, 0.3) is 0 Å². The summed E-state index contributed by atoms with van der Waals surface area (Å²) >= 11 is 0. The molecule has 2 amide bonds. The summed E-state index contributed by atoms with van der Waals surface area (Å²) in [4.78, 5) is 29.9. The van der Waals surface area contributed by atoms with Gasteiger partial charge in [-0.3, -0.25) is 14.5 Å². The molecule has 1 aliphatic carbocycles. The zero-order valence-corrected chi connectivity index (χ0v) is 18.2. The van der Waals surface area contributed by atoms with Gasteiger partial charge >= 0.3 is 0 Å². The van der Waals surface area contributed by atoms with Crippen molar-refractivity contribution in [3.63, 3.8) is 0 Å². The highest BCUT2D eigenvalue weighted by Crippen LogP contribution is 2.31. The van der Waals surface area contributed by atoms with Crippen LogP contribution < -0.4 is 10.2 Å². The lowest BCUT2D eigenvalue weighted by Crippen LogP contribution is -2.53. The molecule has 0 spiro atoms. The Balaban J connectivity index is 1.20. The molecule has 3 atom stereocenters. The number of fused-ring (bicyclic) bond motifs is 1. The maximum absolute atomic E-state index is 13.0. The third-order valence-corrected chi connectivity index (χ3v) is 7.40. The summed E-state index contributed by atoms with van der Waals surface area (Å²) in [5.41, 5.74) is 3.69. The van der Waals surface area contributed by atoms with Crippen LogP contribution in [-0.2, 0) is 31.9 Å². The molecule has 3 unspecified atom stereocenters. The molecule has 1 N–H and O–H groups in total. The third-order valence-electron chi connectivity index (χ3n) is 7.40. The number of hydrogen-bond donors (Lipinski definition) is 1. The van der Waals surface area contributed by atoms with Crippen LogP contribution in [0.1, 0.15) is 30.4 Å². The molecule has 0 bridgehead atoms. The average molecular weight is 428 g/mol. The van der Waals surface area contributed by atoms with E-state index < -0.39 is 0 Å². The van der Waals surface area contributed by atoms with Gasteiger partial charge in [-0.2, -0.15) is 0 Å². The Kier molecular flexibility index (Phi) is 6.25. The Hall–Kier alpha value is -1.96. The van der Waals surface area contributed by atoms with Crippen LogP contribution in [0.4, 0.5) is 5.69 Å². The highest BCUT2D eigenvalue weighted by Gasteiger charge is 2.37. The van der Waals surface area contributed by atoms with E-state index >= 15 is 0 Å². The molecule has 31 heavy (non-hydrogen) atoms. The Morgan fingerprint density at radius 3 is 2.77 bits per heavy atom. The number of hydrogen-bond acceptors (Lipinski definition) is 5. The van der Waals surface area contributed by atoms with Crippen molar-refractivity contribution in [3.05, 3.63) is 29.3 Å². The van der Waals surface area contributed by atoms with Crippen LogP contribution in [0.25, 0.3) is 0 Å². The normalized spacial score (nSPS) is 27.5. The van der Waals surface area contributed by atoms with Gasteiger partial charge in [0.1, 0.15) is 0 Å². The number of aryl methyl sites for hydroxylation is 2. The Morgan fingerprint density at radius 1 is 1.13 bits per heavy atom. The number of nitrogens with zero attached hydrogens (tertiary/aromatic N) is 2. The van der Waals surface area contributed by atoms with Gasteiger partial charge in [-0.1, -0.05) is 6.07 Å². The summed E-state index contributed by atoms with van der Waals surface area (Å²) in [5.74, 6) is 0.193. The van der Waals surface area contributed by atoms with Crippen molar-refractivity contribution < 1.29 is 19.1 Å². The van der Waals surface area contributed by atoms with E-state index in [9.17, 15) is 9.59 Å². The van der Waals surface area contributed by atoms with Gasteiger partial charge in [-0.15, -0.1) is 0 Å². The Labute approximate surface area is 184 Å². The zero-order valence-electron chi connectivity index (χ0n) is 18.2. The van der Waals surface area contributed by atoms with Crippen molar-refractivity contribution >= 4 is 17.5 Å². The highest BCUT2D eigenvalue weighted by atomic mass is 16.5. The van der Waals surface area contributed by atoms with Gasteiger partial charge in [-0.05, 0) is 48.9 Å². The molecule has 0 saturated carbocycles. The van der Waals surface area contributed by atoms with Crippen LogP contribution in [-0.4, -0.2) is 75.4 Å². The van der Waals surface area contributed by atoms with E-state index in [-0.39, 0.29) is 30.2 Å². The average Bonchev–Trinajstić information content (AvgIpc) is 3.55. The van der Waals surface area contributed by atoms with E-state index in [1.807, 2.05) is 6.07 Å². The van der Waals surface area contributed by atoms with Crippen LogP contribution in [0.5, 0.6) is 0 Å². The van der Waals surface area contributed by atoms with Gasteiger partial charge in [0, 0.05) is 56.9 Å². The number of amides is 2. The first-order chi connectivity index (χ1) is 15.2. The van der Waals surface area contributed by atoms with Crippen LogP contribution in [0.2, 0.25) is 0 Å². The molecule has 1 aromatic rings. The SMILES string of the molecule is O=C(NCC(C1CCOC1)N1CCOCC1)C1CC(=O)N(c2ccc3c(c2)CCC3)C1. The van der Waals surface area contributed by atoms with Gasteiger partial charge in [0.15, 0.2) is 0 Å². The molecule has 3 saturated heterocycles. The predicted molar refractivity (Wildman–Crippen MR) is 117 cm³/mol. The first kappa shape index (κ1) is 20.9. The number of nitrogens with one attached hydrogen (secondary N) is 1. The second-order valence-electron chi connectivity index (χ2n) is 9.30. The largest absolute Gasteiger partial charge is 0.381 e. The molecule has 1 aromatic carbocycles. The van der Waals surface area contributed by atoms with E-state index in [0.29, 0.717) is 19.0 Å². The second-order valence-corrected chi connectivity index (χ2v) is 9.30. The van der Waals surface area contributed by atoms with Crippen LogP contribution in [0, 0.1) is 11.8 Å². The summed E-state index contributed by atoms with van der Waals surface area (Å²) in [6.45, 7) is 5.90. The minimum Gasteiger partial charge on any atom is -0.381 e. The number of benzene rings is 1. The Morgan fingerprint density at radius 2 is 1.97 bits per heavy atom. The van der Waals surface area contributed by atoms with Crippen LogP contribution >= 0.6 is 0 Å². The smallest absolute Gasteiger partial charge is 0.227 e. The lowest BCUT2D eigenvalue weighted by molar-refractivity contribution is -0.126. The molecule has 3 aliphatic heterocycles. The fourth-order valence-electron chi connectivity index (χ4n) is 5.57. The minimum atomic E-state index is -0.286. The highest BCUT2D eigenvalue weighted by molar-refractivity contribution is 6.00. The molecule has 3 heterocycles. The maximum atomic E-state index is 13.0. The van der Waals surface area contributed by atoms with Crippen LogP contribution in [0.3, 0.4) is 0 Å². The predicted octanol–water partition coefficient (Wildman–Crippen LogP) is 1.38. The molecule has 7 nitrogen and oxygen atoms in total. The first-order valence-corrected chi connectivity index (χ1v) is 11.8. The van der Waals surface area contributed by atoms with Gasteiger partial charge in [-0.25, -0.2) is 0 Å². The quantitative estimate of drug-likeness (QED) is 0.743. The standard InChI is InChI=1S/C24H33N3O4/c28-23-13-20(15-27(23)21-5-4-17-2-1-3-18(17)12-21)24(29)25-14-22(19-6-9-31-16-19)26-7-10-30-11-8-26/h4-5,12,19-20,22H,1-3,6-11,13-16H2,(H,25,29). The lowest BCUT2D eigenvalue weighted by Gasteiger charge is -2.37. The summed E-state index contributed by atoms with van der Waals surface area (Å²) in [6.07, 6.45) is 4.73. The zero-order chi connectivity index (χ0) is 21.2. The first-order valence-electron chi connectivity index (χ1n) is 11.8. The van der Waals surface area contributed by atoms with Crippen molar-refractivity contribution in [3.8, 4) is 0 Å². The number of anilines is 1. The molecule has 0 radical (unpaired) electrons. The number of carbonyl (C=O) groups excluding carboxylic acids is 2. The molecular weight excluding hydrogens is 394 g/mol.